The Kier molecular flexibility index (Phi) is 7.60. The highest BCUT2D eigenvalue weighted by Crippen LogP contribution is 2.16. The number of carbonyl (C=O) groups excluding carboxylic acids is 2. The predicted molar refractivity (Wildman–Crippen MR) is 103 cm³/mol. The molecule has 0 saturated heterocycles. The molecule has 0 saturated carbocycles. The van der Waals surface area contributed by atoms with E-state index in [0.717, 1.165) is 10.4 Å². The molecule has 1 aromatic heterocycles. The molecule has 0 N–H and O–H groups in total. The topological polar surface area (TPSA) is 40.6 Å². The van der Waals surface area contributed by atoms with Crippen LogP contribution in [0.25, 0.3) is 0 Å². The molecule has 2 aromatic rings. The lowest BCUT2D eigenvalue weighted by Crippen LogP contribution is -2.46. The minimum atomic E-state index is -0.316. The van der Waals surface area contributed by atoms with Crippen molar-refractivity contribution >= 4 is 34.8 Å². The van der Waals surface area contributed by atoms with Crippen molar-refractivity contribution in [2.45, 2.75) is 33.0 Å². The second-order valence-corrected chi connectivity index (χ2v) is 7.50. The third-order valence-electron chi connectivity index (χ3n) is 3.93. The van der Waals surface area contributed by atoms with E-state index in [2.05, 4.69) is 0 Å². The van der Waals surface area contributed by atoms with Gasteiger partial charge in [0.25, 0.3) is 0 Å². The molecule has 26 heavy (non-hydrogen) atoms. The van der Waals surface area contributed by atoms with Crippen LogP contribution in [-0.2, 0) is 22.7 Å². The summed E-state index contributed by atoms with van der Waals surface area (Å²) in [4.78, 5) is 29.1. The van der Waals surface area contributed by atoms with Gasteiger partial charge in [0.05, 0.1) is 6.54 Å². The molecule has 4 nitrogen and oxygen atoms in total. The first-order valence-corrected chi connectivity index (χ1v) is 9.72. The highest BCUT2D eigenvalue weighted by molar-refractivity contribution is 7.09. The molecular formula is C19H22ClFN2O2S. The van der Waals surface area contributed by atoms with Crippen LogP contribution in [-0.4, -0.2) is 40.1 Å². The smallest absolute Gasteiger partial charge is 0.242 e. The van der Waals surface area contributed by atoms with Crippen LogP contribution in [0.4, 0.5) is 4.39 Å². The Hall–Kier alpha value is -1.92. The molecule has 0 fully saturated rings. The van der Waals surface area contributed by atoms with Crippen LogP contribution in [0.5, 0.6) is 0 Å². The van der Waals surface area contributed by atoms with Crippen molar-refractivity contribution in [2.24, 2.45) is 0 Å². The lowest BCUT2D eigenvalue weighted by molar-refractivity contribution is -0.141. The zero-order valence-corrected chi connectivity index (χ0v) is 16.4. The second kappa shape index (κ2) is 9.69. The Morgan fingerprint density at radius 1 is 1.12 bits per heavy atom. The van der Waals surface area contributed by atoms with Gasteiger partial charge in [-0.05, 0) is 43.0 Å². The summed E-state index contributed by atoms with van der Waals surface area (Å²) < 4.78 is 13.1. The zero-order chi connectivity index (χ0) is 19.1. The van der Waals surface area contributed by atoms with Crippen LogP contribution in [0, 0.1) is 5.82 Å². The molecule has 0 radical (unpaired) electrons. The predicted octanol–water partition coefficient (Wildman–Crippen LogP) is 3.89. The van der Waals surface area contributed by atoms with Gasteiger partial charge in [-0.3, -0.25) is 9.59 Å². The van der Waals surface area contributed by atoms with E-state index in [1.165, 1.54) is 17.0 Å². The molecule has 1 aromatic carbocycles. The van der Waals surface area contributed by atoms with Crippen LogP contribution >= 0.6 is 22.9 Å². The molecule has 1 heterocycles. The average Bonchev–Trinajstić information content (AvgIpc) is 3.13. The van der Waals surface area contributed by atoms with Crippen molar-refractivity contribution in [1.82, 2.24) is 9.80 Å². The van der Waals surface area contributed by atoms with Crippen molar-refractivity contribution in [1.29, 1.82) is 0 Å². The van der Waals surface area contributed by atoms with Gasteiger partial charge >= 0.3 is 0 Å². The molecule has 0 aliphatic heterocycles. The summed E-state index contributed by atoms with van der Waals surface area (Å²) in [7, 11) is 0. The van der Waals surface area contributed by atoms with Crippen LogP contribution in [0.2, 0.25) is 0 Å². The number of hydrogen-bond donors (Lipinski definition) is 0. The van der Waals surface area contributed by atoms with Gasteiger partial charge in [0.2, 0.25) is 11.8 Å². The van der Waals surface area contributed by atoms with E-state index in [1.54, 1.807) is 28.4 Å². The molecule has 0 aliphatic carbocycles. The SMILES string of the molecule is CC(C)N(CC(=O)N(Cc1ccc(F)cc1)Cc1cccs1)C(=O)CCl. The Morgan fingerprint density at radius 3 is 2.35 bits per heavy atom. The van der Waals surface area contributed by atoms with Crippen LogP contribution in [0.15, 0.2) is 41.8 Å². The maximum Gasteiger partial charge on any atom is 0.242 e. The summed E-state index contributed by atoms with van der Waals surface area (Å²) >= 11 is 7.23. The number of thiophene rings is 1. The van der Waals surface area contributed by atoms with Gasteiger partial charge in [-0.2, -0.15) is 0 Å². The number of benzene rings is 1. The number of hydrogen-bond acceptors (Lipinski definition) is 3. The summed E-state index contributed by atoms with van der Waals surface area (Å²) in [6.45, 7) is 4.45. The first kappa shape index (κ1) is 20.4. The Labute approximate surface area is 162 Å². The molecule has 2 amide bonds. The number of amides is 2. The number of halogens is 2. The fourth-order valence-electron chi connectivity index (χ4n) is 2.51. The molecule has 2 rings (SSSR count). The van der Waals surface area contributed by atoms with E-state index in [-0.39, 0.29) is 36.1 Å². The van der Waals surface area contributed by atoms with Gasteiger partial charge in [-0.15, -0.1) is 22.9 Å². The maximum atomic E-state index is 13.1. The standard InChI is InChI=1S/C19H22ClFN2O2S/c1-14(2)23(18(24)10-20)13-19(25)22(12-17-4-3-9-26-17)11-15-5-7-16(21)8-6-15/h3-9,14H,10-13H2,1-2H3. The van der Waals surface area contributed by atoms with Gasteiger partial charge < -0.3 is 9.80 Å². The van der Waals surface area contributed by atoms with Crippen LogP contribution in [0.1, 0.15) is 24.3 Å². The molecule has 0 unspecified atom stereocenters. The summed E-state index contributed by atoms with van der Waals surface area (Å²) in [6, 6.07) is 9.83. The van der Waals surface area contributed by atoms with E-state index < -0.39 is 0 Å². The Morgan fingerprint density at radius 2 is 1.81 bits per heavy atom. The lowest BCUT2D eigenvalue weighted by Gasteiger charge is -2.29. The maximum absolute atomic E-state index is 13.1. The number of carbonyl (C=O) groups is 2. The third kappa shape index (κ3) is 5.81. The van der Waals surface area contributed by atoms with E-state index in [0.29, 0.717) is 13.1 Å². The summed E-state index contributed by atoms with van der Waals surface area (Å²) in [5.74, 6) is -0.916. The molecule has 140 valence electrons. The van der Waals surface area contributed by atoms with Crippen molar-refractivity contribution in [3.63, 3.8) is 0 Å². The van der Waals surface area contributed by atoms with Crippen molar-refractivity contribution in [3.05, 3.63) is 58.0 Å². The summed E-state index contributed by atoms with van der Waals surface area (Å²) in [5, 5.41) is 1.95. The van der Waals surface area contributed by atoms with Crippen LogP contribution in [0.3, 0.4) is 0 Å². The first-order valence-electron chi connectivity index (χ1n) is 8.30. The number of rotatable bonds is 8. The highest BCUT2D eigenvalue weighted by Gasteiger charge is 2.23. The number of alkyl halides is 1. The Bertz CT molecular complexity index is 720. The fraction of sp³-hybridized carbons (Fsp3) is 0.368. The van der Waals surface area contributed by atoms with Crippen molar-refractivity contribution < 1.29 is 14.0 Å². The summed E-state index contributed by atoms with van der Waals surface area (Å²) in [6.07, 6.45) is 0. The molecule has 0 bridgehead atoms. The first-order chi connectivity index (χ1) is 12.4. The van der Waals surface area contributed by atoms with Gasteiger partial charge in [0.15, 0.2) is 0 Å². The van der Waals surface area contributed by atoms with E-state index in [1.807, 2.05) is 31.4 Å². The Balaban J connectivity index is 2.16. The lowest BCUT2D eigenvalue weighted by atomic mass is 10.2. The van der Waals surface area contributed by atoms with Crippen LogP contribution < -0.4 is 0 Å². The molecular weight excluding hydrogens is 375 g/mol. The molecule has 0 spiro atoms. The highest BCUT2D eigenvalue weighted by atomic mass is 35.5. The monoisotopic (exact) mass is 396 g/mol. The number of nitrogens with zero attached hydrogens (tertiary/aromatic N) is 2. The van der Waals surface area contributed by atoms with Gasteiger partial charge in [-0.25, -0.2) is 4.39 Å². The van der Waals surface area contributed by atoms with E-state index in [4.69, 9.17) is 11.6 Å². The van der Waals surface area contributed by atoms with Gasteiger partial charge in [0.1, 0.15) is 18.2 Å². The van der Waals surface area contributed by atoms with E-state index >= 15 is 0 Å². The minimum Gasteiger partial charge on any atom is -0.332 e. The summed E-state index contributed by atoms with van der Waals surface area (Å²) in [5.41, 5.74) is 0.830. The largest absolute Gasteiger partial charge is 0.332 e. The molecule has 0 atom stereocenters. The van der Waals surface area contributed by atoms with E-state index in [9.17, 15) is 14.0 Å². The van der Waals surface area contributed by atoms with Gasteiger partial charge in [-0.1, -0.05) is 18.2 Å². The van der Waals surface area contributed by atoms with Gasteiger partial charge in [0, 0.05) is 17.5 Å². The molecule has 0 aliphatic rings. The van der Waals surface area contributed by atoms with Crippen molar-refractivity contribution in [3.8, 4) is 0 Å². The fourth-order valence-corrected chi connectivity index (χ4v) is 3.39. The third-order valence-corrected chi connectivity index (χ3v) is 5.02. The minimum absolute atomic E-state index is 0.0320. The van der Waals surface area contributed by atoms with Crippen molar-refractivity contribution in [2.75, 3.05) is 12.4 Å². The zero-order valence-electron chi connectivity index (χ0n) is 14.8. The quantitative estimate of drug-likeness (QED) is 0.635. The normalized spacial score (nSPS) is 10.8. The average molecular weight is 397 g/mol. The second-order valence-electron chi connectivity index (χ2n) is 6.20. The molecule has 7 heteroatoms.